The number of nitrogens with zero attached hydrogens (tertiary/aromatic N) is 1. The first-order chi connectivity index (χ1) is 10.7. The molecule has 2 amide bonds. The first kappa shape index (κ1) is 15.5. The second-order valence-corrected chi connectivity index (χ2v) is 6.90. The van der Waals surface area contributed by atoms with Crippen molar-refractivity contribution in [2.24, 2.45) is 5.92 Å². The van der Waals surface area contributed by atoms with E-state index < -0.39 is 0 Å². The molecule has 0 radical (unpaired) electrons. The van der Waals surface area contributed by atoms with Crippen LogP contribution in [0.2, 0.25) is 0 Å². The van der Waals surface area contributed by atoms with Crippen molar-refractivity contribution in [1.82, 2.24) is 10.2 Å². The van der Waals surface area contributed by atoms with Crippen LogP contribution >= 0.6 is 11.3 Å². The monoisotopic (exact) mass is 322 g/mol. The fraction of sp³-hybridized carbons (Fsp3) is 0.625. The molecule has 2 saturated heterocycles. The van der Waals surface area contributed by atoms with Crippen molar-refractivity contribution in [3.63, 3.8) is 0 Å². The highest BCUT2D eigenvalue weighted by atomic mass is 32.1. The second-order valence-electron chi connectivity index (χ2n) is 5.95. The SMILES string of the molecule is O=C(NC[C@@H]1CCCO1)[C@@H]1CCCN(C(=O)c2cccs2)C1. The molecule has 2 aliphatic heterocycles. The largest absolute Gasteiger partial charge is 0.376 e. The smallest absolute Gasteiger partial charge is 0.263 e. The Balaban J connectivity index is 1.51. The minimum Gasteiger partial charge on any atom is -0.376 e. The first-order valence-electron chi connectivity index (χ1n) is 7.96. The molecule has 1 N–H and O–H groups in total. The van der Waals surface area contributed by atoms with Gasteiger partial charge in [-0.3, -0.25) is 9.59 Å². The predicted octanol–water partition coefficient (Wildman–Crippen LogP) is 1.90. The molecule has 0 bridgehead atoms. The summed E-state index contributed by atoms with van der Waals surface area (Å²) in [7, 11) is 0. The third-order valence-corrected chi connectivity index (χ3v) is 5.20. The summed E-state index contributed by atoms with van der Waals surface area (Å²) in [6, 6.07) is 3.72. The molecule has 0 unspecified atom stereocenters. The van der Waals surface area contributed by atoms with E-state index in [0.29, 0.717) is 13.1 Å². The van der Waals surface area contributed by atoms with E-state index in [2.05, 4.69) is 5.32 Å². The van der Waals surface area contributed by atoms with E-state index in [4.69, 9.17) is 4.74 Å². The van der Waals surface area contributed by atoms with Crippen molar-refractivity contribution < 1.29 is 14.3 Å². The van der Waals surface area contributed by atoms with Gasteiger partial charge >= 0.3 is 0 Å². The minimum absolute atomic E-state index is 0.0478. The van der Waals surface area contributed by atoms with Gasteiger partial charge in [-0.05, 0) is 37.1 Å². The summed E-state index contributed by atoms with van der Waals surface area (Å²) in [4.78, 5) is 27.2. The normalized spacial score (nSPS) is 25.2. The minimum atomic E-state index is -0.0981. The zero-order chi connectivity index (χ0) is 15.4. The van der Waals surface area contributed by atoms with Crippen molar-refractivity contribution in [3.05, 3.63) is 22.4 Å². The Morgan fingerprint density at radius 1 is 1.36 bits per heavy atom. The van der Waals surface area contributed by atoms with E-state index in [9.17, 15) is 9.59 Å². The predicted molar refractivity (Wildman–Crippen MR) is 84.9 cm³/mol. The highest BCUT2D eigenvalue weighted by molar-refractivity contribution is 7.12. The average molecular weight is 322 g/mol. The maximum atomic E-state index is 12.4. The maximum Gasteiger partial charge on any atom is 0.263 e. The van der Waals surface area contributed by atoms with E-state index in [-0.39, 0.29) is 23.8 Å². The lowest BCUT2D eigenvalue weighted by molar-refractivity contribution is -0.126. The molecule has 0 aromatic carbocycles. The number of hydrogen-bond acceptors (Lipinski definition) is 4. The van der Waals surface area contributed by atoms with Crippen LogP contribution in [0.4, 0.5) is 0 Å². The number of nitrogens with one attached hydrogen (secondary N) is 1. The molecular formula is C16H22N2O3S. The Kier molecular flexibility index (Phi) is 5.10. The van der Waals surface area contributed by atoms with Crippen molar-refractivity contribution in [3.8, 4) is 0 Å². The zero-order valence-corrected chi connectivity index (χ0v) is 13.4. The quantitative estimate of drug-likeness (QED) is 0.921. The van der Waals surface area contributed by atoms with E-state index in [1.54, 1.807) is 0 Å². The molecule has 3 rings (SSSR count). The standard InChI is InChI=1S/C16H22N2O3S/c19-15(17-10-13-5-2-8-21-13)12-4-1-7-18(11-12)16(20)14-6-3-9-22-14/h3,6,9,12-13H,1-2,4-5,7-8,10-11H2,(H,17,19)/t12-,13+/m1/s1. The number of hydrogen-bond donors (Lipinski definition) is 1. The Bertz CT molecular complexity index is 511. The Morgan fingerprint density at radius 3 is 3.00 bits per heavy atom. The molecule has 5 nitrogen and oxygen atoms in total. The van der Waals surface area contributed by atoms with Gasteiger partial charge in [0.2, 0.25) is 5.91 Å². The molecule has 0 aliphatic carbocycles. The van der Waals surface area contributed by atoms with Crippen LogP contribution < -0.4 is 5.32 Å². The molecule has 3 heterocycles. The average Bonchev–Trinajstić information content (AvgIpc) is 3.25. The molecule has 2 aliphatic rings. The molecule has 2 atom stereocenters. The van der Waals surface area contributed by atoms with Crippen LogP contribution in [-0.4, -0.2) is 49.1 Å². The van der Waals surface area contributed by atoms with E-state index >= 15 is 0 Å². The van der Waals surface area contributed by atoms with Gasteiger partial charge in [0.05, 0.1) is 16.9 Å². The third kappa shape index (κ3) is 3.67. The number of ether oxygens (including phenoxy) is 1. The third-order valence-electron chi connectivity index (χ3n) is 4.34. The summed E-state index contributed by atoms with van der Waals surface area (Å²) in [6.45, 7) is 2.65. The van der Waals surface area contributed by atoms with Gasteiger partial charge in [-0.25, -0.2) is 0 Å². The highest BCUT2D eigenvalue weighted by Gasteiger charge is 2.29. The van der Waals surface area contributed by atoms with Gasteiger partial charge in [0, 0.05) is 26.2 Å². The van der Waals surface area contributed by atoms with Gasteiger partial charge in [0.15, 0.2) is 0 Å². The highest BCUT2D eigenvalue weighted by Crippen LogP contribution is 2.21. The van der Waals surface area contributed by atoms with Crippen molar-refractivity contribution >= 4 is 23.2 Å². The van der Waals surface area contributed by atoms with Crippen LogP contribution in [0.15, 0.2) is 17.5 Å². The lowest BCUT2D eigenvalue weighted by Gasteiger charge is -2.32. The number of rotatable bonds is 4. The summed E-state index contributed by atoms with van der Waals surface area (Å²) in [5.41, 5.74) is 0. The number of amides is 2. The summed E-state index contributed by atoms with van der Waals surface area (Å²) in [5, 5.41) is 4.89. The van der Waals surface area contributed by atoms with Gasteiger partial charge in [-0.15, -0.1) is 11.3 Å². The molecule has 2 fully saturated rings. The second kappa shape index (κ2) is 7.24. The number of likely N-dealkylation sites (tertiary alicyclic amines) is 1. The van der Waals surface area contributed by atoms with Crippen LogP contribution in [0.25, 0.3) is 0 Å². The van der Waals surface area contributed by atoms with Gasteiger partial charge in [-0.1, -0.05) is 6.07 Å². The maximum absolute atomic E-state index is 12.4. The molecule has 1 aromatic heterocycles. The molecular weight excluding hydrogens is 300 g/mol. The van der Waals surface area contributed by atoms with Crippen LogP contribution in [0.5, 0.6) is 0 Å². The lowest BCUT2D eigenvalue weighted by atomic mass is 9.97. The van der Waals surface area contributed by atoms with E-state index in [1.807, 2.05) is 22.4 Å². The van der Waals surface area contributed by atoms with Crippen LogP contribution in [0.3, 0.4) is 0 Å². The van der Waals surface area contributed by atoms with E-state index in [0.717, 1.165) is 43.7 Å². The Labute approximate surface area is 134 Å². The van der Waals surface area contributed by atoms with Crippen molar-refractivity contribution in [2.75, 3.05) is 26.2 Å². The summed E-state index contributed by atoms with van der Waals surface area (Å²) >= 11 is 1.45. The van der Waals surface area contributed by atoms with Gasteiger partial charge < -0.3 is 15.0 Å². The number of piperidine rings is 1. The number of thiophene rings is 1. The number of carbonyl (C=O) groups is 2. The fourth-order valence-corrected chi connectivity index (χ4v) is 3.79. The molecule has 22 heavy (non-hydrogen) atoms. The van der Waals surface area contributed by atoms with Gasteiger partial charge in [0.1, 0.15) is 0 Å². The molecule has 1 aromatic rings. The van der Waals surface area contributed by atoms with Gasteiger partial charge in [0.25, 0.3) is 5.91 Å². The number of carbonyl (C=O) groups excluding carboxylic acids is 2. The summed E-state index contributed by atoms with van der Waals surface area (Å²) in [6.07, 6.45) is 4.00. The van der Waals surface area contributed by atoms with Crippen molar-refractivity contribution in [1.29, 1.82) is 0 Å². The first-order valence-corrected chi connectivity index (χ1v) is 8.84. The molecule has 0 spiro atoms. The summed E-state index contributed by atoms with van der Waals surface area (Å²) in [5.74, 6) is 0.00451. The fourth-order valence-electron chi connectivity index (χ4n) is 3.10. The van der Waals surface area contributed by atoms with Crippen LogP contribution in [0, 0.1) is 5.92 Å². The van der Waals surface area contributed by atoms with Crippen LogP contribution in [-0.2, 0) is 9.53 Å². The Hall–Kier alpha value is -1.40. The lowest BCUT2D eigenvalue weighted by Crippen LogP contribution is -2.46. The molecule has 6 heteroatoms. The van der Waals surface area contributed by atoms with Gasteiger partial charge in [-0.2, -0.15) is 0 Å². The Morgan fingerprint density at radius 2 is 2.27 bits per heavy atom. The molecule has 0 saturated carbocycles. The van der Waals surface area contributed by atoms with Crippen LogP contribution in [0.1, 0.15) is 35.4 Å². The van der Waals surface area contributed by atoms with E-state index in [1.165, 1.54) is 11.3 Å². The van der Waals surface area contributed by atoms with Crippen molar-refractivity contribution in [2.45, 2.75) is 31.8 Å². The zero-order valence-electron chi connectivity index (χ0n) is 12.6. The topological polar surface area (TPSA) is 58.6 Å². The summed E-state index contributed by atoms with van der Waals surface area (Å²) < 4.78 is 5.52. The molecule has 120 valence electrons.